The van der Waals surface area contributed by atoms with E-state index in [-0.39, 0.29) is 10.9 Å². The number of fused-ring (bicyclic) bond motifs is 1. The highest BCUT2D eigenvalue weighted by Crippen LogP contribution is 2.33. The van der Waals surface area contributed by atoms with Gasteiger partial charge in [0, 0.05) is 5.56 Å². The summed E-state index contributed by atoms with van der Waals surface area (Å²) in [6.07, 6.45) is 3.98. The maximum atomic E-state index is 14.6. The topological polar surface area (TPSA) is 0 Å². The fourth-order valence-electron chi connectivity index (χ4n) is 3.03. The first kappa shape index (κ1) is 17.3. The Kier molecular flexibility index (Phi) is 4.93. The van der Waals surface area contributed by atoms with Gasteiger partial charge in [0.25, 0.3) is 0 Å². The van der Waals surface area contributed by atoms with Gasteiger partial charge in [-0.15, -0.1) is 6.58 Å². The normalized spacial score (nSPS) is 11.0. The van der Waals surface area contributed by atoms with Gasteiger partial charge in [0.1, 0.15) is 5.82 Å². The second-order valence-corrected chi connectivity index (χ2v) is 6.07. The minimum atomic E-state index is -1.13. The summed E-state index contributed by atoms with van der Waals surface area (Å²) in [5, 5.41) is 0.0857. The fourth-order valence-corrected chi connectivity index (χ4v) is 3.03. The van der Waals surface area contributed by atoms with Crippen molar-refractivity contribution in [2.75, 3.05) is 0 Å². The number of halogens is 3. The van der Waals surface area contributed by atoms with E-state index in [1.807, 2.05) is 18.2 Å². The molecule has 0 atom stereocenters. The minimum absolute atomic E-state index is 0.143. The van der Waals surface area contributed by atoms with Crippen LogP contribution < -0.4 is 0 Å². The van der Waals surface area contributed by atoms with Crippen LogP contribution in [0.2, 0.25) is 0 Å². The van der Waals surface area contributed by atoms with E-state index >= 15 is 0 Å². The Morgan fingerprint density at radius 2 is 1.64 bits per heavy atom. The average Bonchev–Trinajstić information content (AvgIpc) is 2.63. The Hall–Kier alpha value is -2.55. The van der Waals surface area contributed by atoms with E-state index in [0.29, 0.717) is 22.9 Å². The summed E-state index contributed by atoms with van der Waals surface area (Å²) in [4.78, 5) is 0. The Morgan fingerprint density at radius 3 is 2.28 bits per heavy atom. The lowest BCUT2D eigenvalue weighted by atomic mass is 9.96. The third kappa shape index (κ3) is 3.19. The van der Waals surface area contributed by atoms with Crippen molar-refractivity contribution in [2.45, 2.75) is 26.2 Å². The van der Waals surface area contributed by atoms with Crippen LogP contribution in [-0.2, 0) is 12.8 Å². The molecule has 3 aromatic rings. The van der Waals surface area contributed by atoms with Crippen molar-refractivity contribution in [3.63, 3.8) is 0 Å². The first-order valence-corrected chi connectivity index (χ1v) is 8.36. The molecule has 0 saturated heterocycles. The standard InChI is InChI=1S/C22H19F3/c1-3-5-6-14-7-9-16(10-8-14)18-13-17-12-11-15(4-2)20(23)19(17)22(25)21(18)24/h3,7-13H,1,4-6H2,2H3. The predicted molar refractivity (Wildman–Crippen MR) is 97.2 cm³/mol. The minimum Gasteiger partial charge on any atom is -0.206 e. The largest absolute Gasteiger partial charge is 0.206 e. The molecule has 0 spiro atoms. The second kappa shape index (κ2) is 7.14. The van der Waals surface area contributed by atoms with E-state index < -0.39 is 17.5 Å². The van der Waals surface area contributed by atoms with Crippen molar-refractivity contribution in [3.8, 4) is 11.1 Å². The summed E-state index contributed by atoms with van der Waals surface area (Å²) < 4.78 is 43.5. The zero-order valence-electron chi connectivity index (χ0n) is 14.1. The highest BCUT2D eigenvalue weighted by atomic mass is 19.2. The molecule has 3 aromatic carbocycles. The number of hydrogen-bond donors (Lipinski definition) is 0. The molecule has 128 valence electrons. The summed E-state index contributed by atoms with van der Waals surface area (Å²) in [6.45, 7) is 5.47. The highest BCUT2D eigenvalue weighted by molar-refractivity contribution is 5.89. The molecule has 3 heteroatoms. The van der Waals surface area contributed by atoms with Crippen molar-refractivity contribution in [3.05, 3.63) is 83.7 Å². The van der Waals surface area contributed by atoms with E-state index in [1.165, 1.54) is 6.07 Å². The van der Waals surface area contributed by atoms with Gasteiger partial charge in [0.15, 0.2) is 11.6 Å². The van der Waals surface area contributed by atoms with Crippen LogP contribution in [0.25, 0.3) is 21.9 Å². The summed E-state index contributed by atoms with van der Waals surface area (Å²) in [5.41, 5.74) is 2.19. The lowest BCUT2D eigenvalue weighted by Gasteiger charge is -2.11. The molecule has 25 heavy (non-hydrogen) atoms. The molecule has 3 rings (SSSR count). The summed E-state index contributed by atoms with van der Waals surface area (Å²) in [5.74, 6) is -2.82. The molecule has 0 nitrogen and oxygen atoms in total. The van der Waals surface area contributed by atoms with Crippen molar-refractivity contribution in [2.24, 2.45) is 0 Å². The molecule has 0 heterocycles. The third-order valence-corrected chi connectivity index (χ3v) is 4.49. The molecule has 0 bridgehead atoms. The summed E-state index contributed by atoms with van der Waals surface area (Å²) >= 11 is 0. The van der Waals surface area contributed by atoms with Gasteiger partial charge in [-0.25, -0.2) is 13.2 Å². The van der Waals surface area contributed by atoms with Crippen LogP contribution in [0.4, 0.5) is 13.2 Å². The molecule has 0 amide bonds. The molecule has 0 N–H and O–H groups in total. The van der Waals surface area contributed by atoms with Crippen LogP contribution in [0.15, 0.2) is 55.1 Å². The van der Waals surface area contributed by atoms with Gasteiger partial charge in [-0.2, -0.15) is 0 Å². The van der Waals surface area contributed by atoms with Crippen LogP contribution in [-0.4, -0.2) is 0 Å². The predicted octanol–water partition coefficient (Wildman–Crippen LogP) is 6.61. The number of aryl methyl sites for hydroxylation is 2. The van der Waals surface area contributed by atoms with Crippen LogP contribution in [0.5, 0.6) is 0 Å². The SMILES string of the molecule is C=CCCc1ccc(-c2cc3ccc(CC)c(F)c3c(F)c2F)cc1. The zero-order valence-corrected chi connectivity index (χ0v) is 14.1. The van der Waals surface area contributed by atoms with Gasteiger partial charge < -0.3 is 0 Å². The lowest BCUT2D eigenvalue weighted by molar-refractivity contribution is 0.513. The summed E-state index contributed by atoms with van der Waals surface area (Å²) in [6, 6.07) is 12.1. The smallest absolute Gasteiger partial charge is 0.170 e. The highest BCUT2D eigenvalue weighted by Gasteiger charge is 2.19. The van der Waals surface area contributed by atoms with Crippen LogP contribution >= 0.6 is 0 Å². The molecule has 0 fully saturated rings. The Morgan fingerprint density at radius 1 is 0.920 bits per heavy atom. The van der Waals surface area contributed by atoms with E-state index in [4.69, 9.17) is 0 Å². The van der Waals surface area contributed by atoms with Gasteiger partial charge in [-0.05, 0) is 47.4 Å². The summed E-state index contributed by atoms with van der Waals surface area (Å²) in [7, 11) is 0. The van der Waals surface area contributed by atoms with Gasteiger partial charge in [0.05, 0.1) is 5.39 Å². The quantitative estimate of drug-likeness (QED) is 0.459. The maximum Gasteiger partial charge on any atom is 0.170 e. The van der Waals surface area contributed by atoms with Crippen molar-refractivity contribution in [1.29, 1.82) is 0 Å². The van der Waals surface area contributed by atoms with E-state index in [0.717, 1.165) is 18.4 Å². The van der Waals surface area contributed by atoms with Gasteiger partial charge in [-0.1, -0.05) is 49.4 Å². The molecular formula is C22H19F3. The molecule has 0 aromatic heterocycles. The number of benzene rings is 3. The number of allylic oxidation sites excluding steroid dienone is 1. The first-order valence-electron chi connectivity index (χ1n) is 8.36. The third-order valence-electron chi connectivity index (χ3n) is 4.49. The Bertz CT molecular complexity index is 924. The van der Waals surface area contributed by atoms with Gasteiger partial charge in [0.2, 0.25) is 0 Å². The Labute approximate surface area is 145 Å². The first-order chi connectivity index (χ1) is 12.1. The fraction of sp³-hybridized carbons (Fsp3) is 0.182. The molecule has 0 radical (unpaired) electrons. The van der Waals surface area contributed by atoms with E-state index in [2.05, 4.69) is 6.58 Å². The Balaban J connectivity index is 2.11. The maximum absolute atomic E-state index is 14.6. The zero-order chi connectivity index (χ0) is 18.0. The van der Waals surface area contributed by atoms with E-state index in [1.54, 1.807) is 31.2 Å². The van der Waals surface area contributed by atoms with Gasteiger partial charge >= 0.3 is 0 Å². The van der Waals surface area contributed by atoms with Gasteiger partial charge in [-0.3, -0.25) is 0 Å². The number of hydrogen-bond acceptors (Lipinski definition) is 0. The average molecular weight is 340 g/mol. The van der Waals surface area contributed by atoms with Crippen LogP contribution in [0.1, 0.15) is 24.5 Å². The number of rotatable bonds is 5. The van der Waals surface area contributed by atoms with Crippen LogP contribution in [0, 0.1) is 17.5 Å². The lowest BCUT2D eigenvalue weighted by Crippen LogP contribution is -1.97. The molecular weight excluding hydrogens is 321 g/mol. The van der Waals surface area contributed by atoms with Crippen molar-refractivity contribution >= 4 is 10.8 Å². The monoisotopic (exact) mass is 340 g/mol. The molecule has 0 aliphatic rings. The van der Waals surface area contributed by atoms with E-state index in [9.17, 15) is 13.2 Å². The second-order valence-electron chi connectivity index (χ2n) is 6.07. The molecule has 0 aliphatic carbocycles. The molecule has 0 aliphatic heterocycles. The van der Waals surface area contributed by atoms with Crippen molar-refractivity contribution < 1.29 is 13.2 Å². The van der Waals surface area contributed by atoms with Crippen molar-refractivity contribution in [1.82, 2.24) is 0 Å². The molecule has 0 unspecified atom stereocenters. The van der Waals surface area contributed by atoms with Crippen LogP contribution in [0.3, 0.4) is 0 Å². The molecule has 0 saturated carbocycles.